The lowest BCUT2D eigenvalue weighted by Crippen LogP contribution is -2.27. The van der Waals surface area contributed by atoms with Crippen LogP contribution in [0.25, 0.3) is 0 Å². The Labute approximate surface area is 137 Å². The van der Waals surface area contributed by atoms with Crippen molar-refractivity contribution in [1.29, 1.82) is 0 Å². The van der Waals surface area contributed by atoms with Gasteiger partial charge in [0.05, 0.1) is 11.0 Å². The number of benzene rings is 2. The van der Waals surface area contributed by atoms with E-state index in [-0.39, 0.29) is 11.3 Å². The van der Waals surface area contributed by atoms with Crippen molar-refractivity contribution >= 4 is 34.8 Å². The zero-order valence-corrected chi connectivity index (χ0v) is 13.1. The van der Waals surface area contributed by atoms with Crippen LogP contribution in [0.4, 0.5) is 5.69 Å². The summed E-state index contributed by atoms with van der Waals surface area (Å²) in [6.07, 6.45) is 0. The Hall–Kier alpha value is -2.11. The van der Waals surface area contributed by atoms with Crippen LogP contribution in [0.5, 0.6) is 0 Å². The van der Waals surface area contributed by atoms with Crippen LogP contribution in [-0.2, 0) is 0 Å². The number of hydrogen-bond donors (Lipinski definition) is 1. The van der Waals surface area contributed by atoms with Gasteiger partial charge in [-0.3, -0.25) is 14.9 Å². The van der Waals surface area contributed by atoms with Gasteiger partial charge in [0.15, 0.2) is 0 Å². The molecule has 114 valence electrons. The number of rotatable bonds is 4. The number of hydrogen-bond acceptors (Lipinski definition) is 3. The van der Waals surface area contributed by atoms with Gasteiger partial charge in [-0.25, -0.2) is 0 Å². The molecule has 0 spiro atoms. The third kappa shape index (κ3) is 3.55. The van der Waals surface area contributed by atoms with Crippen LogP contribution in [0.2, 0.25) is 10.0 Å². The second-order valence-electron chi connectivity index (χ2n) is 4.64. The predicted molar refractivity (Wildman–Crippen MR) is 85.4 cm³/mol. The average molecular weight is 339 g/mol. The minimum absolute atomic E-state index is 0.00411. The van der Waals surface area contributed by atoms with E-state index in [0.717, 1.165) is 0 Å². The first-order chi connectivity index (χ1) is 10.4. The van der Waals surface area contributed by atoms with Crippen molar-refractivity contribution in [2.24, 2.45) is 0 Å². The topological polar surface area (TPSA) is 72.2 Å². The van der Waals surface area contributed by atoms with E-state index in [2.05, 4.69) is 5.32 Å². The van der Waals surface area contributed by atoms with Gasteiger partial charge in [0.2, 0.25) is 0 Å². The first-order valence-electron chi connectivity index (χ1n) is 6.39. The van der Waals surface area contributed by atoms with Crippen molar-refractivity contribution in [2.75, 3.05) is 0 Å². The van der Waals surface area contributed by atoms with Crippen molar-refractivity contribution < 1.29 is 9.72 Å². The van der Waals surface area contributed by atoms with E-state index in [4.69, 9.17) is 23.2 Å². The van der Waals surface area contributed by atoms with Crippen LogP contribution in [0.15, 0.2) is 42.5 Å². The van der Waals surface area contributed by atoms with Gasteiger partial charge in [-0.1, -0.05) is 41.4 Å². The predicted octanol–water partition coefficient (Wildman–Crippen LogP) is 4.39. The quantitative estimate of drug-likeness (QED) is 0.663. The summed E-state index contributed by atoms with van der Waals surface area (Å²) in [7, 11) is 0. The van der Waals surface area contributed by atoms with E-state index in [1.807, 2.05) is 0 Å². The molecule has 0 unspecified atom stereocenters. The minimum Gasteiger partial charge on any atom is -0.345 e. The number of nitrogens with zero attached hydrogens (tertiary/aromatic N) is 1. The number of carbonyl (C=O) groups excluding carboxylic acids is 1. The molecule has 2 rings (SSSR count). The lowest BCUT2D eigenvalue weighted by Gasteiger charge is -2.16. The maximum atomic E-state index is 12.2. The summed E-state index contributed by atoms with van der Waals surface area (Å²) in [5.41, 5.74) is 0.442. The molecule has 2 aromatic rings. The fourth-order valence-corrected chi connectivity index (χ4v) is 2.60. The maximum Gasteiger partial charge on any atom is 0.282 e. The SMILES string of the molecule is C[C@H](NC(=O)c1ccccc1[N+](=O)[O-])c1ccc(Cl)cc1Cl. The molecule has 0 radical (unpaired) electrons. The van der Waals surface area contributed by atoms with Crippen molar-refractivity contribution in [3.8, 4) is 0 Å². The van der Waals surface area contributed by atoms with Crippen molar-refractivity contribution in [3.05, 3.63) is 73.8 Å². The molecule has 0 saturated carbocycles. The van der Waals surface area contributed by atoms with E-state index in [0.29, 0.717) is 15.6 Å². The fraction of sp³-hybridized carbons (Fsp3) is 0.133. The van der Waals surface area contributed by atoms with Crippen LogP contribution in [-0.4, -0.2) is 10.8 Å². The third-order valence-electron chi connectivity index (χ3n) is 3.12. The van der Waals surface area contributed by atoms with Crippen LogP contribution in [0, 0.1) is 10.1 Å². The van der Waals surface area contributed by atoms with Crippen molar-refractivity contribution in [3.63, 3.8) is 0 Å². The summed E-state index contributed by atoms with van der Waals surface area (Å²) in [5, 5.41) is 14.6. The molecule has 2 aromatic carbocycles. The molecule has 0 fully saturated rings. The summed E-state index contributed by atoms with van der Waals surface area (Å²) < 4.78 is 0. The van der Waals surface area contributed by atoms with Gasteiger partial charge in [0.25, 0.3) is 11.6 Å². The highest BCUT2D eigenvalue weighted by Gasteiger charge is 2.21. The van der Waals surface area contributed by atoms with Crippen LogP contribution in [0.1, 0.15) is 28.9 Å². The molecular weight excluding hydrogens is 327 g/mol. The van der Waals surface area contributed by atoms with E-state index < -0.39 is 16.9 Å². The van der Waals surface area contributed by atoms with E-state index in [1.54, 1.807) is 31.2 Å². The Morgan fingerprint density at radius 3 is 2.55 bits per heavy atom. The zero-order chi connectivity index (χ0) is 16.3. The summed E-state index contributed by atoms with van der Waals surface area (Å²) in [6, 6.07) is 10.3. The van der Waals surface area contributed by atoms with Crippen LogP contribution < -0.4 is 5.32 Å². The number of nitro benzene ring substituents is 1. The smallest absolute Gasteiger partial charge is 0.282 e. The van der Waals surface area contributed by atoms with E-state index in [9.17, 15) is 14.9 Å². The molecule has 1 N–H and O–H groups in total. The Morgan fingerprint density at radius 2 is 1.91 bits per heavy atom. The number of carbonyl (C=O) groups is 1. The number of nitrogens with one attached hydrogen (secondary N) is 1. The van der Waals surface area contributed by atoms with Gasteiger partial charge in [-0.2, -0.15) is 0 Å². The first kappa shape index (κ1) is 16.3. The molecule has 0 aliphatic heterocycles. The lowest BCUT2D eigenvalue weighted by atomic mass is 10.1. The van der Waals surface area contributed by atoms with Crippen molar-refractivity contribution in [2.45, 2.75) is 13.0 Å². The summed E-state index contributed by atoms with van der Waals surface area (Å²) in [6.45, 7) is 1.74. The highest BCUT2D eigenvalue weighted by Crippen LogP contribution is 2.27. The number of nitro groups is 1. The standard InChI is InChI=1S/C15H12Cl2N2O3/c1-9(11-7-6-10(16)8-13(11)17)18-15(20)12-4-2-3-5-14(12)19(21)22/h2-9H,1H3,(H,18,20)/t9-/m0/s1. The van der Waals surface area contributed by atoms with Gasteiger partial charge in [0, 0.05) is 16.1 Å². The molecule has 1 amide bonds. The largest absolute Gasteiger partial charge is 0.345 e. The maximum absolute atomic E-state index is 12.2. The lowest BCUT2D eigenvalue weighted by molar-refractivity contribution is -0.385. The molecule has 0 aliphatic carbocycles. The Morgan fingerprint density at radius 1 is 1.23 bits per heavy atom. The first-order valence-corrected chi connectivity index (χ1v) is 7.15. The third-order valence-corrected chi connectivity index (χ3v) is 3.68. The van der Waals surface area contributed by atoms with Gasteiger partial charge in [-0.05, 0) is 30.7 Å². The normalized spacial score (nSPS) is 11.8. The number of amides is 1. The van der Waals surface area contributed by atoms with Gasteiger partial charge >= 0.3 is 0 Å². The molecule has 0 aliphatic rings. The molecule has 0 aromatic heterocycles. The molecule has 0 saturated heterocycles. The fourth-order valence-electron chi connectivity index (χ4n) is 2.03. The Balaban J connectivity index is 2.23. The van der Waals surface area contributed by atoms with Gasteiger partial charge < -0.3 is 5.32 Å². The van der Waals surface area contributed by atoms with E-state index in [1.165, 1.54) is 18.2 Å². The van der Waals surface area contributed by atoms with Gasteiger partial charge in [-0.15, -0.1) is 0 Å². The summed E-state index contributed by atoms with van der Waals surface area (Å²) in [4.78, 5) is 22.6. The van der Waals surface area contributed by atoms with Crippen LogP contribution in [0.3, 0.4) is 0 Å². The minimum atomic E-state index is -0.588. The molecule has 7 heteroatoms. The molecule has 0 heterocycles. The molecule has 22 heavy (non-hydrogen) atoms. The van der Waals surface area contributed by atoms with E-state index >= 15 is 0 Å². The van der Waals surface area contributed by atoms with Crippen LogP contribution >= 0.6 is 23.2 Å². The molecular formula is C15H12Cl2N2O3. The monoisotopic (exact) mass is 338 g/mol. The Kier molecular flexibility index (Phi) is 5.00. The zero-order valence-electron chi connectivity index (χ0n) is 11.5. The molecule has 1 atom stereocenters. The molecule has 0 bridgehead atoms. The highest BCUT2D eigenvalue weighted by atomic mass is 35.5. The molecule has 5 nitrogen and oxygen atoms in total. The van der Waals surface area contributed by atoms with Crippen molar-refractivity contribution in [1.82, 2.24) is 5.32 Å². The second-order valence-corrected chi connectivity index (χ2v) is 5.48. The summed E-state index contributed by atoms with van der Waals surface area (Å²) >= 11 is 11.9. The Bertz CT molecular complexity index is 734. The average Bonchev–Trinajstić information content (AvgIpc) is 2.46. The van der Waals surface area contributed by atoms with Gasteiger partial charge in [0.1, 0.15) is 5.56 Å². The number of halogens is 2. The second kappa shape index (κ2) is 6.77. The highest BCUT2D eigenvalue weighted by molar-refractivity contribution is 6.35. The summed E-state index contributed by atoms with van der Waals surface area (Å²) in [5.74, 6) is -0.536. The number of para-hydroxylation sites is 1.